The molecule has 0 saturated heterocycles. The predicted octanol–water partition coefficient (Wildman–Crippen LogP) is 4.81. The first-order valence-electron chi connectivity index (χ1n) is 8.60. The van der Waals surface area contributed by atoms with Crippen molar-refractivity contribution in [1.82, 2.24) is 0 Å². The summed E-state index contributed by atoms with van der Waals surface area (Å²) in [4.78, 5) is 11.6. The molecule has 0 amide bonds. The molecule has 0 radical (unpaired) electrons. The molecule has 3 atom stereocenters. The van der Waals surface area contributed by atoms with E-state index in [0.717, 1.165) is 31.2 Å². The molecule has 1 aromatic carbocycles. The molecule has 3 fully saturated rings. The van der Waals surface area contributed by atoms with Gasteiger partial charge in [0.05, 0.1) is 12.2 Å². The lowest BCUT2D eigenvalue weighted by Crippen LogP contribution is -2.23. The number of ketones is 1. The summed E-state index contributed by atoms with van der Waals surface area (Å²) in [5.41, 5.74) is 1.23. The van der Waals surface area contributed by atoms with E-state index in [2.05, 4.69) is 0 Å². The van der Waals surface area contributed by atoms with Gasteiger partial charge < -0.3 is 4.74 Å². The van der Waals surface area contributed by atoms with Gasteiger partial charge in [-0.15, -0.1) is 0 Å². The van der Waals surface area contributed by atoms with Crippen LogP contribution in [0, 0.1) is 17.2 Å². The molecule has 2 nitrogen and oxygen atoms in total. The first-order chi connectivity index (χ1) is 11.0. The summed E-state index contributed by atoms with van der Waals surface area (Å²) in [6.07, 6.45) is 4.63. The average Bonchev–Trinajstić information content (AvgIpc) is 3.39. The molecule has 4 heteroatoms. The predicted molar refractivity (Wildman–Crippen MR) is 83.2 cm³/mol. The van der Waals surface area contributed by atoms with Crippen LogP contribution in [0.5, 0.6) is 5.75 Å². The molecule has 1 aromatic rings. The lowest BCUT2D eigenvalue weighted by molar-refractivity contribution is 0.101. The molecular formula is C19H22F2O2. The van der Waals surface area contributed by atoms with E-state index >= 15 is 0 Å². The lowest BCUT2D eigenvalue weighted by atomic mass is 9.88. The van der Waals surface area contributed by atoms with E-state index in [-0.39, 0.29) is 16.8 Å². The number of halogens is 2. The number of benzene rings is 1. The average molecular weight is 320 g/mol. The van der Waals surface area contributed by atoms with E-state index in [9.17, 15) is 13.6 Å². The Balaban J connectivity index is 1.53. The van der Waals surface area contributed by atoms with Crippen LogP contribution in [0.15, 0.2) is 12.1 Å². The quantitative estimate of drug-likeness (QED) is 0.728. The van der Waals surface area contributed by atoms with Gasteiger partial charge in [-0.3, -0.25) is 4.79 Å². The van der Waals surface area contributed by atoms with Crippen LogP contribution in [0.4, 0.5) is 8.78 Å². The Morgan fingerprint density at radius 2 is 2.13 bits per heavy atom. The monoisotopic (exact) mass is 320 g/mol. The third kappa shape index (κ3) is 2.77. The summed E-state index contributed by atoms with van der Waals surface area (Å²) in [6, 6.07) is 3.05. The minimum Gasteiger partial charge on any atom is -0.493 e. The van der Waals surface area contributed by atoms with Gasteiger partial charge in [-0.2, -0.15) is 0 Å². The maximum Gasteiger partial charge on any atom is 0.162 e. The van der Waals surface area contributed by atoms with Crippen molar-refractivity contribution in [2.75, 3.05) is 6.61 Å². The molecule has 0 aromatic heterocycles. The van der Waals surface area contributed by atoms with Gasteiger partial charge in [-0.25, -0.2) is 8.78 Å². The molecule has 124 valence electrons. The highest BCUT2D eigenvalue weighted by atomic mass is 19.1. The molecule has 23 heavy (non-hydrogen) atoms. The molecule has 0 heterocycles. The highest BCUT2D eigenvalue weighted by Gasteiger charge is 2.57. The standard InChI is InChI=1S/C19H22F2O2/c1-11(22)15-7-16(12-2-3-12)18(8-17(15)21)23-10-19-5-4-14(20)6-13(19)9-19/h7-8,12-14H,2-6,9-10H2,1H3. The summed E-state index contributed by atoms with van der Waals surface area (Å²) < 4.78 is 33.6. The van der Waals surface area contributed by atoms with E-state index in [1.807, 2.05) is 0 Å². The number of carbonyl (C=O) groups excluding carboxylic acids is 1. The molecule has 3 aliphatic rings. The molecule has 0 spiro atoms. The van der Waals surface area contributed by atoms with E-state index in [1.165, 1.54) is 13.0 Å². The fourth-order valence-corrected chi connectivity index (χ4v) is 4.09. The fraction of sp³-hybridized carbons (Fsp3) is 0.632. The molecule has 4 rings (SSSR count). The number of carbonyl (C=O) groups is 1. The molecule has 0 bridgehead atoms. The van der Waals surface area contributed by atoms with Gasteiger partial charge in [0.25, 0.3) is 0 Å². The summed E-state index contributed by atoms with van der Waals surface area (Å²) in [7, 11) is 0. The van der Waals surface area contributed by atoms with Gasteiger partial charge >= 0.3 is 0 Å². The zero-order valence-electron chi connectivity index (χ0n) is 13.4. The van der Waals surface area contributed by atoms with Crippen LogP contribution in [-0.2, 0) is 0 Å². The normalized spacial score (nSPS) is 32.3. The first-order valence-corrected chi connectivity index (χ1v) is 8.60. The second-order valence-corrected chi connectivity index (χ2v) is 7.62. The smallest absolute Gasteiger partial charge is 0.162 e. The summed E-state index contributed by atoms with van der Waals surface area (Å²) in [5, 5.41) is 0. The van der Waals surface area contributed by atoms with Crippen LogP contribution in [0.1, 0.15) is 67.3 Å². The van der Waals surface area contributed by atoms with E-state index in [0.29, 0.717) is 37.0 Å². The van der Waals surface area contributed by atoms with Crippen molar-refractivity contribution >= 4 is 5.78 Å². The SMILES string of the molecule is CC(=O)c1cc(C2CC2)c(OCC23CCC(F)CC2C3)cc1F. The maximum atomic E-state index is 14.1. The summed E-state index contributed by atoms with van der Waals surface area (Å²) in [5.74, 6) is 0.638. The molecule has 0 aliphatic heterocycles. The lowest BCUT2D eigenvalue weighted by Gasteiger charge is -2.25. The van der Waals surface area contributed by atoms with E-state index < -0.39 is 12.0 Å². The van der Waals surface area contributed by atoms with Gasteiger partial charge in [0.2, 0.25) is 0 Å². The van der Waals surface area contributed by atoms with Crippen LogP contribution < -0.4 is 4.74 Å². The van der Waals surface area contributed by atoms with Gasteiger partial charge in [0.15, 0.2) is 5.78 Å². The van der Waals surface area contributed by atoms with Crippen molar-refractivity contribution in [3.8, 4) is 5.75 Å². The third-order valence-corrected chi connectivity index (χ3v) is 5.87. The Morgan fingerprint density at radius 3 is 2.78 bits per heavy atom. The Labute approximate surface area is 135 Å². The van der Waals surface area contributed by atoms with Crippen LogP contribution in [-0.4, -0.2) is 18.6 Å². The molecule has 3 saturated carbocycles. The molecule has 3 aliphatic carbocycles. The Bertz CT molecular complexity index is 653. The van der Waals surface area contributed by atoms with Crippen molar-refractivity contribution in [3.05, 3.63) is 29.1 Å². The van der Waals surface area contributed by atoms with Crippen LogP contribution in [0.2, 0.25) is 0 Å². The number of fused-ring (bicyclic) bond motifs is 1. The summed E-state index contributed by atoms with van der Waals surface area (Å²) in [6.45, 7) is 1.93. The Morgan fingerprint density at radius 1 is 1.35 bits per heavy atom. The number of rotatable bonds is 5. The number of Topliss-reactive ketones (excluding diaryl/α,β-unsaturated/α-hetero) is 1. The van der Waals surface area contributed by atoms with E-state index in [4.69, 9.17) is 4.74 Å². The highest BCUT2D eigenvalue weighted by molar-refractivity contribution is 5.94. The molecule has 3 unspecified atom stereocenters. The zero-order chi connectivity index (χ0) is 16.2. The number of hydrogen-bond acceptors (Lipinski definition) is 2. The second-order valence-electron chi connectivity index (χ2n) is 7.62. The Kier molecular flexibility index (Phi) is 3.47. The number of hydrogen-bond donors (Lipinski definition) is 0. The van der Waals surface area contributed by atoms with Crippen LogP contribution >= 0.6 is 0 Å². The molecule has 0 N–H and O–H groups in total. The highest BCUT2D eigenvalue weighted by Crippen LogP contribution is 2.62. The van der Waals surface area contributed by atoms with Crippen molar-refractivity contribution in [3.63, 3.8) is 0 Å². The van der Waals surface area contributed by atoms with E-state index in [1.54, 1.807) is 6.07 Å². The number of alkyl halides is 1. The minimum atomic E-state index is -0.662. The third-order valence-electron chi connectivity index (χ3n) is 5.87. The van der Waals surface area contributed by atoms with Crippen LogP contribution in [0.3, 0.4) is 0 Å². The molecular weight excluding hydrogens is 298 g/mol. The van der Waals surface area contributed by atoms with Crippen LogP contribution in [0.25, 0.3) is 0 Å². The topological polar surface area (TPSA) is 26.3 Å². The van der Waals surface area contributed by atoms with Crippen molar-refractivity contribution in [2.45, 2.75) is 57.5 Å². The fourth-order valence-electron chi connectivity index (χ4n) is 4.09. The summed E-state index contributed by atoms with van der Waals surface area (Å²) >= 11 is 0. The zero-order valence-corrected chi connectivity index (χ0v) is 13.4. The van der Waals surface area contributed by atoms with Gasteiger partial charge in [0.1, 0.15) is 17.7 Å². The largest absolute Gasteiger partial charge is 0.493 e. The first kappa shape index (κ1) is 15.1. The van der Waals surface area contributed by atoms with Crippen molar-refractivity contribution < 1.29 is 18.3 Å². The minimum absolute atomic E-state index is 0.110. The van der Waals surface area contributed by atoms with Crippen molar-refractivity contribution in [1.29, 1.82) is 0 Å². The number of ether oxygens (including phenoxy) is 1. The van der Waals surface area contributed by atoms with Gasteiger partial charge in [-0.1, -0.05) is 0 Å². The van der Waals surface area contributed by atoms with Gasteiger partial charge in [0, 0.05) is 11.5 Å². The second kappa shape index (κ2) is 5.29. The van der Waals surface area contributed by atoms with Crippen molar-refractivity contribution in [2.24, 2.45) is 11.3 Å². The maximum absolute atomic E-state index is 14.1. The Hall–Kier alpha value is -1.45. The van der Waals surface area contributed by atoms with Gasteiger partial charge in [-0.05, 0) is 68.9 Å².